The van der Waals surface area contributed by atoms with Crippen LogP contribution in [0.1, 0.15) is 12.5 Å². The molecule has 5 nitrogen and oxygen atoms in total. The monoisotopic (exact) mass is 432 g/mol. The van der Waals surface area contributed by atoms with Gasteiger partial charge >= 0.3 is 18.0 Å². The number of aromatic nitrogens is 2. The molecule has 0 saturated carbocycles. The minimum absolute atomic E-state index is 0.0200. The molecule has 0 aliphatic rings. The third-order valence-corrected chi connectivity index (χ3v) is 3.88. The molecule has 0 radical (unpaired) electrons. The van der Waals surface area contributed by atoms with Crippen molar-refractivity contribution in [2.45, 2.75) is 24.9 Å². The van der Waals surface area contributed by atoms with Crippen LogP contribution < -0.4 is 9.74 Å². The van der Waals surface area contributed by atoms with Crippen molar-refractivity contribution in [3.8, 4) is 11.6 Å². The Kier molecular flexibility index (Phi) is 6.28. The lowest BCUT2D eigenvalue weighted by Gasteiger charge is -2.28. The van der Waals surface area contributed by atoms with E-state index in [9.17, 15) is 35.5 Å². The van der Waals surface area contributed by atoms with Crippen LogP contribution in [-0.2, 0) is 10.1 Å². The molecule has 0 spiro atoms. The summed E-state index contributed by atoms with van der Waals surface area (Å²) in [6.07, 6.45) is -4.69. The second kappa shape index (κ2) is 7.99. The van der Waals surface area contributed by atoms with Crippen LogP contribution >= 0.6 is 12.3 Å². The molecular formula is C15H11F7N2O3S. The Labute approximate surface area is 157 Å². The Hall–Kier alpha value is -2.28. The Morgan fingerprint density at radius 3 is 2.39 bits per heavy atom. The van der Waals surface area contributed by atoms with Crippen LogP contribution in [0.4, 0.5) is 30.7 Å². The van der Waals surface area contributed by atoms with Gasteiger partial charge in [-0.15, -0.1) is 0 Å². The molecule has 2 aromatic heterocycles. The van der Waals surface area contributed by atoms with E-state index in [0.29, 0.717) is 23.1 Å². The van der Waals surface area contributed by atoms with E-state index in [4.69, 9.17) is 8.37 Å². The molecule has 28 heavy (non-hydrogen) atoms. The summed E-state index contributed by atoms with van der Waals surface area (Å²) in [6.45, 7) is 1.94. The summed E-state index contributed by atoms with van der Waals surface area (Å²) >= 11 is 0.535. The lowest BCUT2D eigenvalue weighted by Crippen LogP contribution is -2.50. The summed E-state index contributed by atoms with van der Waals surface area (Å²) in [7, 11) is 0. The first kappa shape index (κ1) is 22.0. The molecule has 0 unspecified atom stereocenters. The van der Waals surface area contributed by atoms with E-state index >= 15 is 0 Å². The predicted molar refractivity (Wildman–Crippen MR) is 84.6 cm³/mol. The number of nitrogens with zero attached hydrogens (tertiary/aromatic N) is 2. The Balaban J connectivity index is 2.45. The number of pyridine rings is 2. The first-order chi connectivity index (χ1) is 12.9. The van der Waals surface area contributed by atoms with E-state index in [0.717, 1.165) is 0 Å². The fourth-order valence-corrected chi connectivity index (χ4v) is 2.29. The van der Waals surface area contributed by atoms with Gasteiger partial charge in [-0.2, -0.15) is 30.7 Å². The molecule has 0 atom stereocenters. The van der Waals surface area contributed by atoms with Gasteiger partial charge in [0.25, 0.3) is 5.56 Å². The van der Waals surface area contributed by atoms with E-state index in [2.05, 4.69) is 4.98 Å². The van der Waals surface area contributed by atoms with Gasteiger partial charge in [0.2, 0.25) is 12.3 Å². The van der Waals surface area contributed by atoms with Crippen LogP contribution in [0.25, 0.3) is 5.82 Å². The molecule has 2 aromatic rings. The molecule has 0 aliphatic carbocycles. The van der Waals surface area contributed by atoms with E-state index in [1.807, 2.05) is 0 Å². The van der Waals surface area contributed by atoms with Crippen molar-refractivity contribution in [2.75, 3.05) is 6.61 Å². The molecule has 2 heterocycles. The summed E-state index contributed by atoms with van der Waals surface area (Å²) in [6, 6.07) is 3.02. The van der Waals surface area contributed by atoms with Gasteiger partial charge in [-0.3, -0.25) is 13.5 Å². The van der Waals surface area contributed by atoms with Gasteiger partial charge in [0, 0.05) is 24.0 Å². The average Bonchev–Trinajstić information content (AvgIpc) is 2.61. The number of hydrogen-bond acceptors (Lipinski definition) is 5. The molecular weight excluding hydrogens is 421 g/mol. The van der Waals surface area contributed by atoms with Gasteiger partial charge in [-0.25, -0.2) is 4.98 Å². The van der Waals surface area contributed by atoms with E-state index in [1.54, 1.807) is 6.92 Å². The first-order valence-corrected chi connectivity index (χ1v) is 8.07. The number of hydrogen-bond donors (Lipinski definition) is 0. The smallest absolute Gasteiger partial charge is 0.396 e. The molecule has 0 amide bonds. The van der Waals surface area contributed by atoms with Crippen molar-refractivity contribution >= 4 is 12.3 Å². The highest BCUT2D eigenvalue weighted by Gasteiger charge is 2.73. The molecule has 0 saturated heterocycles. The van der Waals surface area contributed by atoms with Crippen LogP contribution in [0.3, 0.4) is 0 Å². The average molecular weight is 432 g/mol. The first-order valence-electron chi connectivity index (χ1n) is 7.40. The van der Waals surface area contributed by atoms with Crippen LogP contribution in [0, 0.1) is 0 Å². The van der Waals surface area contributed by atoms with Gasteiger partial charge in [0.15, 0.2) is 11.6 Å². The minimum Gasteiger partial charge on any atom is -0.396 e. The Morgan fingerprint density at radius 2 is 1.82 bits per heavy atom. The largest absolute Gasteiger partial charge is 0.460 e. The van der Waals surface area contributed by atoms with E-state index in [-0.39, 0.29) is 30.3 Å². The van der Waals surface area contributed by atoms with Gasteiger partial charge in [-0.1, -0.05) is 0 Å². The van der Waals surface area contributed by atoms with Crippen LogP contribution in [0.5, 0.6) is 5.75 Å². The van der Waals surface area contributed by atoms with E-state index in [1.165, 1.54) is 18.3 Å². The van der Waals surface area contributed by atoms with Crippen LogP contribution in [0.15, 0.2) is 41.5 Å². The van der Waals surface area contributed by atoms with Crippen molar-refractivity contribution in [3.63, 3.8) is 0 Å². The summed E-state index contributed by atoms with van der Waals surface area (Å²) in [5.41, 5.74) is -3.11. The molecule has 0 N–H and O–H groups in total. The maximum atomic E-state index is 13.8. The summed E-state index contributed by atoms with van der Waals surface area (Å²) in [5.74, 6) is -12.3. The highest BCUT2D eigenvalue weighted by atomic mass is 32.2. The Bertz CT molecular complexity index is 886. The number of rotatable bonds is 7. The zero-order chi connectivity index (χ0) is 21.2. The van der Waals surface area contributed by atoms with Crippen LogP contribution in [-0.4, -0.2) is 28.3 Å². The summed E-state index contributed by atoms with van der Waals surface area (Å²) in [5, 5.41) is 0. The fraction of sp³-hybridized carbons (Fsp3) is 0.333. The molecule has 0 bridgehead atoms. The lowest BCUT2D eigenvalue weighted by molar-refractivity contribution is -0.359. The summed E-state index contributed by atoms with van der Waals surface area (Å²) < 4.78 is 101. The SMILES string of the molecule is CCOSOc1cccnc1-n1ccc(C(F)(F)C(F)(F)C(F)(F)F)cc1=O. The molecule has 13 heteroatoms. The van der Waals surface area contributed by atoms with Crippen molar-refractivity contribution in [1.82, 2.24) is 9.55 Å². The van der Waals surface area contributed by atoms with Crippen LogP contribution in [0.2, 0.25) is 0 Å². The molecule has 0 fully saturated rings. The highest BCUT2D eigenvalue weighted by molar-refractivity contribution is 7.90. The predicted octanol–water partition coefficient (Wildman–Crippen LogP) is 4.50. The topological polar surface area (TPSA) is 53.4 Å². The normalized spacial score (nSPS) is 12.9. The number of halogens is 7. The quantitative estimate of drug-likeness (QED) is 0.366. The molecule has 2 rings (SSSR count). The highest BCUT2D eigenvalue weighted by Crippen LogP contribution is 2.51. The maximum absolute atomic E-state index is 13.8. The van der Waals surface area contributed by atoms with Crippen molar-refractivity contribution in [3.05, 3.63) is 52.6 Å². The Morgan fingerprint density at radius 1 is 1.14 bits per heavy atom. The zero-order valence-electron chi connectivity index (χ0n) is 13.8. The minimum atomic E-state index is -6.51. The fourth-order valence-electron chi connectivity index (χ4n) is 1.95. The molecule has 154 valence electrons. The third-order valence-electron chi connectivity index (χ3n) is 3.30. The van der Waals surface area contributed by atoms with Crippen molar-refractivity contribution < 1.29 is 39.1 Å². The lowest BCUT2D eigenvalue weighted by atomic mass is 10.0. The molecule has 0 aromatic carbocycles. The van der Waals surface area contributed by atoms with Crippen molar-refractivity contribution in [2.24, 2.45) is 0 Å². The summed E-state index contributed by atoms with van der Waals surface area (Å²) in [4.78, 5) is 15.9. The standard InChI is InChI=1S/C15H11F7N2O3S/c1-2-26-28-27-10-4-3-6-23-12(10)24-7-5-9(8-11(24)25)13(16,17)14(18,19)15(20,21)22/h3-8H,2H2,1H3. The molecule has 0 aliphatic heterocycles. The number of alkyl halides is 7. The van der Waals surface area contributed by atoms with E-state index < -0.39 is 29.1 Å². The van der Waals surface area contributed by atoms with Gasteiger partial charge < -0.3 is 4.18 Å². The second-order valence-electron chi connectivity index (χ2n) is 5.15. The van der Waals surface area contributed by atoms with Gasteiger partial charge in [0.1, 0.15) is 0 Å². The third kappa shape index (κ3) is 4.09. The second-order valence-corrected chi connectivity index (χ2v) is 5.69. The van der Waals surface area contributed by atoms with Crippen molar-refractivity contribution in [1.29, 1.82) is 0 Å². The van der Waals surface area contributed by atoms with Gasteiger partial charge in [0.05, 0.1) is 6.61 Å². The van der Waals surface area contributed by atoms with Gasteiger partial charge in [-0.05, 0) is 25.1 Å². The maximum Gasteiger partial charge on any atom is 0.460 e. The zero-order valence-corrected chi connectivity index (χ0v) is 14.7.